The van der Waals surface area contributed by atoms with Crippen molar-refractivity contribution in [2.24, 2.45) is 0 Å². The minimum Gasteiger partial charge on any atom is -0.457 e. The number of aliphatic hydroxyl groups excluding tert-OH is 1. The van der Waals surface area contributed by atoms with Crippen LogP contribution in [0.5, 0.6) is 17.2 Å². The molecule has 3 aromatic carbocycles. The summed E-state index contributed by atoms with van der Waals surface area (Å²) < 4.78 is 83.4. The van der Waals surface area contributed by atoms with Crippen molar-refractivity contribution in [1.29, 1.82) is 0 Å². The Morgan fingerprint density at radius 2 is 1.38 bits per heavy atom. The van der Waals surface area contributed by atoms with E-state index in [4.69, 9.17) is 9.57 Å². The second-order valence-electron chi connectivity index (χ2n) is 6.65. The first-order chi connectivity index (χ1) is 15.0. The summed E-state index contributed by atoms with van der Waals surface area (Å²) in [6, 6.07) is 17.9. The summed E-state index contributed by atoms with van der Waals surface area (Å²) in [5.74, 6) is 0.349. The van der Waals surface area contributed by atoms with Gasteiger partial charge in [-0.3, -0.25) is 0 Å². The molecule has 0 radical (unpaired) electrons. The number of para-hydroxylation sites is 1. The molecule has 0 aliphatic heterocycles. The van der Waals surface area contributed by atoms with E-state index in [1.165, 1.54) is 18.2 Å². The molecule has 4 nitrogen and oxygen atoms in total. The smallest absolute Gasteiger partial charge is 0.416 e. The maximum absolute atomic E-state index is 13.0. The number of alkyl halides is 6. The fraction of sp³-hybridized carbons (Fsp3) is 0.182. The summed E-state index contributed by atoms with van der Waals surface area (Å²) in [6.07, 6.45) is -12.4. The fourth-order valence-corrected chi connectivity index (χ4v) is 2.64. The molecular weight excluding hydrogens is 440 g/mol. The quantitative estimate of drug-likeness (QED) is 0.338. The van der Waals surface area contributed by atoms with Crippen LogP contribution >= 0.6 is 0 Å². The van der Waals surface area contributed by atoms with Crippen molar-refractivity contribution in [2.75, 3.05) is 11.6 Å². The third kappa shape index (κ3) is 6.30. The Bertz CT molecular complexity index is 1020. The van der Waals surface area contributed by atoms with Gasteiger partial charge in [0.05, 0.1) is 17.8 Å². The van der Waals surface area contributed by atoms with Crippen LogP contribution in [0.4, 0.5) is 32.0 Å². The lowest BCUT2D eigenvalue weighted by Crippen LogP contribution is -2.42. The number of halogens is 6. The van der Waals surface area contributed by atoms with Gasteiger partial charge in [0.1, 0.15) is 11.5 Å². The highest BCUT2D eigenvalue weighted by atomic mass is 19.4. The first-order valence-corrected chi connectivity index (χ1v) is 9.23. The number of hydroxylamine groups is 1. The number of aliphatic hydroxyl groups is 1. The zero-order chi connectivity index (χ0) is 23.4. The predicted molar refractivity (Wildman–Crippen MR) is 104 cm³/mol. The highest BCUT2D eigenvalue weighted by Gasteiger charge is 2.40. The Hall–Kier alpha value is -3.40. The van der Waals surface area contributed by atoms with Crippen LogP contribution in [0.2, 0.25) is 0 Å². The van der Waals surface area contributed by atoms with Crippen molar-refractivity contribution < 1.29 is 41.0 Å². The third-order valence-corrected chi connectivity index (χ3v) is 4.18. The molecule has 170 valence electrons. The largest absolute Gasteiger partial charge is 0.457 e. The molecular formula is C22H17F6NO3. The predicted octanol–water partition coefficient (Wildman–Crippen LogP) is 6.22. The van der Waals surface area contributed by atoms with E-state index in [1.807, 2.05) is 0 Å². The summed E-state index contributed by atoms with van der Waals surface area (Å²) >= 11 is 0. The van der Waals surface area contributed by atoms with Crippen LogP contribution in [0.15, 0.2) is 78.9 Å². The highest BCUT2D eigenvalue weighted by Crippen LogP contribution is 2.33. The molecule has 0 amide bonds. The summed E-state index contributed by atoms with van der Waals surface area (Å²) in [5, 5.41) is 10.2. The van der Waals surface area contributed by atoms with E-state index >= 15 is 0 Å². The van der Waals surface area contributed by atoms with Crippen LogP contribution in [0.1, 0.15) is 5.56 Å². The minimum absolute atomic E-state index is 0.0270. The first kappa shape index (κ1) is 23.3. The summed E-state index contributed by atoms with van der Waals surface area (Å²) in [6.45, 7) is -1.09. The Morgan fingerprint density at radius 1 is 0.750 bits per heavy atom. The van der Waals surface area contributed by atoms with Gasteiger partial charge in [-0.2, -0.15) is 26.3 Å². The topological polar surface area (TPSA) is 41.9 Å². The molecule has 0 aliphatic rings. The molecule has 3 aromatic rings. The van der Waals surface area contributed by atoms with Crippen LogP contribution in [-0.2, 0) is 6.18 Å². The second-order valence-corrected chi connectivity index (χ2v) is 6.65. The van der Waals surface area contributed by atoms with Crippen LogP contribution in [-0.4, -0.2) is 23.9 Å². The molecule has 0 aliphatic carbocycles. The standard InChI is InChI=1S/C22H17F6NO3/c23-21(24,25)15-6-4-11-19(12-15)32-29(14-20(30)22(26,27)28)16-7-5-10-18(13-16)31-17-8-2-1-3-9-17/h1-13,20,30H,14H2/t20-/m1/s1. The van der Waals surface area contributed by atoms with Crippen molar-refractivity contribution in [1.82, 2.24) is 0 Å². The maximum atomic E-state index is 13.0. The number of rotatable bonds is 7. The van der Waals surface area contributed by atoms with E-state index in [0.29, 0.717) is 16.9 Å². The zero-order valence-corrected chi connectivity index (χ0v) is 16.3. The molecule has 1 atom stereocenters. The van der Waals surface area contributed by atoms with Gasteiger partial charge in [-0.25, -0.2) is 5.06 Å². The molecule has 1 N–H and O–H groups in total. The number of hydrogen-bond acceptors (Lipinski definition) is 4. The molecule has 0 unspecified atom stereocenters. The molecule has 0 saturated heterocycles. The van der Waals surface area contributed by atoms with E-state index in [2.05, 4.69) is 0 Å². The average molecular weight is 457 g/mol. The van der Waals surface area contributed by atoms with E-state index in [9.17, 15) is 31.4 Å². The number of anilines is 1. The SMILES string of the molecule is O[C@H](CN(Oc1cccc(C(F)(F)F)c1)c1cccc(Oc2ccccc2)c1)C(F)(F)F. The lowest BCUT2D eigenvalue weighted by atomic mass is 10.2. The highest BCUT2D eigenvalue weighted by molar-refractivity contribution is 5.51. The molecule has 0 fully saturated rings. The zero-order valence-electron chi connectivity index (χ0n) is 16.3. The van der Waals surface area contributed by atoms with Crippen molar-refractivity contribution in [3.63, 3.8) is 0 Å². The van der Waals surface area contributed by atoms with Gasteiger partial charge < -0.3 is 14.7 Å². The average Bonchev–Trinajstić information content (AvgIpc) is 2.73. The van der Waals surface area contributed by atoms with Gasteiger partial charge in [0, 0.05) is 6.07 Å². The third-order valence-electron chi connectivity index (χ3n) is 4.18. The maximum Gasteiger partial charge on any atom is 0.416 e. The van der Waals surface area contributed by atoms with Crippen LogP contribution in [0, 0.1) is 0 Å². The number of benzene rings is 3. The minimum atomic E-state index is -4.96. The molecule has 0 spiro atoms. The summed E-state index contributed by atoms with van der Waals surface area (Å²) in [7, 11) is 0. The normalized spacial score (nSPS) is 12.8. The van der Waals surface area contributed by atoms with Gasteiger partial charge in [-0.05, 0) is 42.5 Å². The number of ether oxygens (including phenoxy) is 1. The van der Waals surface area contributed by atoms with Gasteiger partial charge in [-0.15, -0.1) is 0 Å². The number of hydrogen-bond donors (Lipinski definition) is 1. The van der Waals surface area contributed by atoms with Gasteiger partial charge in [0.15, 0.2) is 11.9 Å². The van der Waals surface area contributed by atoms with Crippen molar-refractivity contribution >= 4 is 5.69 Å². The molecule has 3 rings (SSSR count). The Balaban J connectivity index is 1.90. The Kier molecular flexibility index (Phi) is 6.83. The fourth-order valence-electron chi connectivity index (χ4n) is 2.64. The van der Waals surface area contributed by atoms with Crippen molar-refractivity contribution in [3.05, 3.63) is 84.4 Å². The summed E-state index contributed by atoms with van der Waals surface area (Å²) in [4.78, 5) is 5.33. The van der Waals surface area contributed by atoms with Crippen LogP contribution in [0.3, 0.4) is 0 Å². The molecule has 0 bridgehead atoms. The summed E-state index contributed by atoms with van der Waals surface area (Å²) in [5.41, 5.74) is -1.01. The number of nitrogens with zero attached hydrogens (tertiary/aromatic N) is 1. The molecule has 0 saturated carbocycles. The van der Waals surface area contributed by atoms with Crippen molar-refractivity contribution in [3.8, 4) is 17.2 Å². The van der Waals surface area contributed by atoms with Gasteiger partial charge >= 0.3 is 12.4 Å². The van der Waals surface area contributed by atoms with Gasteiger partial charge in [-0.1, -0.05) is 30.3 Å². The lowest BCUT2D eigenvalue weighted by molar-refractivity contribution is -0.202. The van der Waals surface area contributed by atoms with Crippen LogP contribution in [0.25, 0.3) is 0 Å². The van der Waals surface area contributed by atoms with E-state index in [-0.39, 0.29) is 17.2 Å². The lowest BCUT2D eigenvalue weighted by Gasteiger charge is -2.28. The van der Waals surface area contributed by atoms with E-state index in [1.54, 1.807) is 36.4 Å². The monoisotopic (exact) mass is 457 g/mol. The van der Waals surface area contributed by atoms with Crippen LogP contribution < -0.4 is 14.6 Å². The first-order valence-electron chi connectivity index (χ1n) is 9.23. The molecule has 0 heterocycles. The van der Waals surface area contributed by atoms with Gasteiger partial charge in [0.2, 0.25) is 0 Å². The Labute approximate surface area is 179 Å². The second kappa shape index (κ2) is 9.39. The van der Waals surface area contributed by atoms with E-state index < -0.39 is 30.6 Å². The molecule has 0 aromatic heterocycles. The van der Waals surface area contributed by atoms with Gasteiger partial charge in [0.25, 0.3) is 0 Å². The van der Waals surface area contributed by atoms with E-state index in [0.717, 1.165) is 18.2 Å². The Morgan fingerprint density at radius 3 is 2.03 bits per heavy atom. The van der Waals surface area contributed by atoms with Crippen molar-refractivity contribution in [2.45, 2.75) is 18.5 Å². The molecule has 10 heteroatoms. The molecule has 32 heavy (non-hydrogen) atoms.